The lowest BCUT2D eigenvalue weighted by molar-refractivity contribution is 0.107. The van der Waals surface area contributed by atoms with Crippen molar-refractivity contribution in [3.8, 4) is 17.1 Å². The van der Waals surface area contributed by atoms with Crippen molar-refractivity contribution in [2.24, 2.45) is 0 Å². The minimum atomic E-state index is -0.609. The number of likely N-dealkylation sites (N-methyl/N-ethyl adjacent to an activating group) is 1. The molecule has 13 heteroatoms. The van der Waals surface area contributed by atoms with Crippen molar-refractivity contribution in [2.45, 2.75) is 56.1 Å². The summed E-state index contributed by atoms with van der Waals surface area (Å²) in [6, 6.07) is 5.49. The molecule has 0 amide bonds. The van der Waals surface area contributed by atoms with Crippen molar-refractivity contribution in [1.82, 2.24) is 30.1 Å². The molecule has 0 radical (unpaired) electrons. The lowest BCUT2D eigenvalue weighted by atomic mass is 9.95. The largest absolute Gasteiger partial charge is 0.461 e. The fraction of sp³-hybridized carbons (Fsp3) is 0.531. The van der Waals surface area contributed by atoms with Crippen molar-refractivity contribution < 1.29 is 13.5 Å². The molecule has 4 aliphatic heterocycles. The first-order valence-electron chi connectivity index (χ1n) is 15.9. The number of anilines is 2. The van der Waals surface area contributed by atoms with E-state index in [0.717, 1.165) is 89.1 Å². The number of nitrogens with two attached hydrogens (primary N) is 1. The third-order valence-electron chi connectivity index (χ3n) is 10.5. The fourth-order valence-corrected chi connectivity index (χ4v) is 9.39. The molecule has 3 N–H and O–H groups in total. The van der Waals surface area contributed by atoms with Crippen LogP contribution < -0.4 is 20.7 Å². The molecule has 2 aromatic heterocycles. The number of nitrogen functional groups attached to an aromatic ring is 1. The first-order valence-corrected chi connectivity index (χ1v) is 17.1. The van der Waals surface area contributed by atoms with Crippen molar-refractivity contribution in [2.75, 3.05) is 63.6 Å². The van der Waals surface area contributed by atoms with E-state index in [0.29, 0.717) is 35.5 Å². The SMILES string of the molecule is CNCCN1C2CCC1CN(c1nc(OCC34CCCN3CCC4)nc3c(F)c(-c4ccc(F)c5sc(N)nc45)c(Cl)cc13)C2. The first-order chi connectivity index (χ1) is 21.8. The van der Waals surface area contributed by atoms with E-state index in [9.17, 15) is 4.39 Å². The molecule has 0 saturated carbocycles. The molecule has 2 atom stereocenters. The van der Waals surface area contributed by atoms with Gasteiger partial charge in [-0.3, -0.25) is 9.80 Å². The maximum Gasteiger partial charge on any atom is 0.319 e. The van der Waals surface area contributed by atoms with Gasteiger partial charge in [-0.05, 0) is 76.9 Å². The molecule has 8 rings (SSSR count). The minimum Gasteiger partial charge on any atom is -0.461 e. The number of piperazine rings is 1. The molecule has 2 bridgehead atoms. The highest BCUT2D eigenvalue weighted by Crippen LogP contribution is 2.44. The number of thiazole rings is 1. The van der Waals surface area contributed by atoms with Crippen LogP contribution in [0.5, 0.6) is 6.01 Å². The van der Waals surface area contributed by atoms with Gasteiger partial charge < -0.3 is 20.7 Å². The highest BCUT2D eigenvalue weighted by atomic mass is 35.5. The summed E-state index contributed by atoms with van der Waals surface area (Å²) in [6.45, 7) is 6.12. The van der Waals surface area contributed by atoms with Crippen molar-refractivity contribution >= 4 is 55.0 Å². The average Bonchev–Trinajstić information content (AvgIpc) is 3.77. The smallest absolute Gasteiger partial charge is 0.319 e. The molecule has 0 aliphatic carbocycles. The summed E-state index contributed by atoms with van der Waals surface area (Å²) in [5.41, 5.74) is 6.82. The summed E-state index contributed by atoms with van der Waals surface area (Å²) in [4.78, 5) is 21.4. The van der Waals surface area contributed by atoms with Gasteiger partial charge >= 0.3 is 6.01 Å². The van der Waals surface area contributed by atoms with Crippen LogP contribution in [0.15, 0.2) is 18.2 Å². The Morgan fingerprint density at radius 1 is 1.09 bits per heavy atom. The molecular weight excluding hydrogens is 618 g/mol. The molecule has 238 valence electrons. The first kappa shape index (κ1) is 29.5. The van der Waals surface area contributed by atoms with Crippen LogP contribution in [0.25, 0.3) is 32.2 Å². The molecule has 45 heavy (non-hydrogen) atoms. The summed E-state index contributed by atoms with van der Waals surface area (Å²) in [6.07, 6.45) is 6.70. The van der Waals surface area contributed by atoms with Crippen molar-refractivity contribution in [1.29, 1.82) is 0 Å². The van der Waals surface area contributed by atoms with Gasteiger partial charge in [0.1, 0.15) is 23.8 Å². The van der Waals surface area contributed by atoms with E-state index in [4.69, 9.17) is 32.0 Å². The summed E-state index contributed by atoms with van der Waals surface area (Å²) in [5, 5.41) is 4.19. The number of hydrogen-bond acceptors (Lipinski definition) is 10. The van der Waals surface area contributed by atoms with Crippen LogP contribution in [0.2, 0.25) is 5.02 Å². The Bertz CT molecular complexity index is 1760. The zero-order valence-electron chi connectivity index (χ0n) is 25.3. The van der Waals surface area contributed by atoms with E-state index in [1.807, 2.05) is 7.05 Å². The average molecular weight is 655 g/mol. The van der Waals surface area contributed by atoms with Gasteiger partial charge in [0.15, 0.2) is 10.9 Å². The number of nitrogens with one attached hydrogen (secondary N) is 1. The van der Waals surface area contributed by atoms with Crippen LogP contribution in [0.1, 0.15) is 38.5 Å². The van der Waals surface area contributed by atoms with Crippen molar-refractivity contribution in [3.05, 3.63) is 34.9 Å². The third-order valence-corrected chi connectivity index (χ3v) is 11.6. The Balaban J connectivity index is 1.24. The second-order valence-electron chi connectivity index (χ2n) is 12.9. The number of ether oxygens (including phenoxy) is 1. The van der Waals surface area contributed by atoms with Gasteiger partial charge in [0.2, 0.25) is 0 Å². The van der Waals surface area contributed by atoms with E-state index in [1.165, 1.54) is 12.1 Å². The lowest BCUT2D eigenvalue weighted by Gasteiger charge is -2.42. The number of aromatic nitrogens is 3. The van der Waals surface area contributed by atoms with E-state index >= 15 is 4.39 Å². The summed E-state index contributed by atoms with van der Waals surface area (Å²) < 4.78 is 38.2. The van der Waals surface area contributed by atoms with E-state index in [1.54, 1.807) is 6.07 Å². The zero-order chi connectivity index (χ0) is 30.9. The minimum absolute atomic E-state index is 0.00943. The van der Waals surface area contributed by atoms with E-state index < -0.39 is 11.6 Å². The zero-order valence-corrected chi connectivity index (χ0v) is 26.9. The number of halogens is 3. The molecule has 4 saturated heterocycles. The summed E-state index contributed by atoms with van der Waals surface area (Å²) in [7, 11) is 1.98. The molecule has 4 fully saturated rings. The van der Waals surface area contributed by atoms with Crippen LogP contribution in [-0.4, -0.2) is 95.3 Å². The topological polar surface area (TPSA) is 95.7 Å². The highest BCUT2D eigenvalue weighted by Gasteiger charge is 2.45. The van der Waals surface area contributed by atoms with Gasteiger partial charge in [-0.15, -0.1) is 0 Å². The van der Waals surface area contributed by atoms with Gasteiger partial charge in [0.25, 0.3) is 0 Å². The maximum absolute atomic E-state index is 16.9. The Hall–Kier alpha value is -2.90. The van der Waals surface area contributed by atoms with E-state index in [-0.39, 0.29) is 43.0 Å². The monoisotopic (exact) mass is 654 g/mol. The molecule has 2 aromatic carbocycles. The van der Waals surface area contributed by atoms with Crippen LogP contribution in [0.3, 0.4) is 0 Å². The van der Waals surface area contributed by atoms with Crippen LogP contribution >= 0.6 is 22.9 Å². The second-order valence-corrected chi connectivity index (χ2v) is 14.4. The predicted octanol–water partition coefficient (Wildman–Crippen LogP) is 5.30. The number of rotatable bonds is 8. The standard InChI is InChI=1S/C32H37ClF2N8OS/c1-37-10-13-43-18-4-5-19(43)16-41(15-18)29-21-14-22(33)24(20-6-7-23(34)28-27(20)38-30(36)45-28)25(35)26(21)39-31(40-29)44-17-32-8-2-11-42(32)12-3-9-32/h6-7,14,18-19,37H,2-5,8-13,15-17H2,1H3,(H2,36,38). The summed E-state index contributed by atoms with van der Waals surface area (Å²) in [5.74, 6) is -0.430. The fourth-order valence-electron chi connectivity index (χ4n) is 8.34. The molecule has 2 unspecified atom stereocenters. The Kier molecular flexibility index (Phi) is 7.48. The maximum atomic E-state index is 16.9. The number of benzene rings is 2. The molecular formula is C32H37ClF2N8OS. The molecule has 6 heterocycles. The summed E-state index contributed by atoms with van der Waals surface area (Å²) >= 11 is 7.91. The van der Waals surface area contributed by atoms with Gasteiger partial charge in [-0.1, -0.05) is 22.9 Å². The normalized spacial score (nSPS) is 23.1. The molecule has 0 spiro atoms. The van der Waals surface area contributed by atoms with Gasteiger partial charge in [0, 0.05) is 54.8 Å². The molecule has 4 aliphatic rings. The van der Waals surface area contributed by atoms with E-state index in [2.05, 4.69) is 25.0 Å². The lowest BCUT2D eigenvalue weighted by Crippen LogP contribution is -2.55. The molecule has 4 aromatic rings. The highest BCUT2D eigenvalue weighted by molar-refractivity contribution is 7.22. The molecule has 9 nitrogen and oxygen atoms in total. The number of hydrogen-bond donors (Lipinski definition) is 2. The third kappa shape index (κ3) is 4.91. The Morgan fingerprint density at radius 2 is 1.84 bits per heavy atom. The van der Waals surface area contributed by atoms with Crippen molar-refractivity contribution in [3.63, 3.8) is 0 Å². The number of nitrogens with zero attached hydrogens (tertiary/aromatic N) is 6. The predicted molar refractivity (Wildman–Crippen MR) is 175 cm³/mol. The number of fused-ring (bicyclic) bond motifs is 5. The van der Waals surface area contributed by atoms with Crippen LogP contribution in [-0.2, 0) is 0 Å². The van der Waals surface area contributed by atoms with Crippen LogP contribution in [0.4, 0.5) is 19.7 Å². The Morgan fingerprint density at radius 3 is 2.58 bits per heavy atom. The van der Waals surface area contributed by atoms with Gasteiger partial charge in [-0.25, -0.2) is 13.8 Å². The quantitative estimate of drug-likeness (QED) is 0.262. The van der Waals surface area contributed by atoms with Gasteiger partial charge in [0.05, 0.1) is 20.8 Å². The van der Waals surface area contributed by atoms with Crippen LogP contribution in [0, 0.1) is 11.6 Å². The second kappa shape index (κ2) is 11.4. The van der Waals surface area contributed by atoms with Gasteiger partial charge in [-0.2, -0.15) is 9.97 Å². The Labute approximate surface area is 269 Å².